The molecular formula is C9H16N2OS. The van der Waals surface area contributed by atoms with Crippen molar-refractivity contribution >= 4 is 11.5 Å². The second-order valence-electron chi connectivity index (χ2n) is 3.71. The second kappa shape index (κ2) is 4.67. The van der Waals surface area contributed by atoms with Gasteiger partial charge in [-0.15, -0.1) is 5.10 Å². The van der Waals surface area contributed by atoms with Crippen LogP contribution >= 0.6 is 11.5 Å². The third-order valence-corrected chi connectivity index (χ3v) is 2.93. The predicted molar refractivity (Wildman–Crippen MR) is 53.7 cm³/mol. The Balaban J connectivity index is 2.49. The Morgan fingerprint density at radius 3 is 2.54 bits per heavy atom. The van der Waals surface area contributed by atoms with Crippen molar-refractivity contribution in [3.8, 4) is 0 Å². The molecule has 1 heterocycles. The Morgan fingerprint density at radius 2 is 2.08 bits per heavy atom. The Kier molecular flexibility index (Phi) is 3.81. The minimum atomic E-state index is -0.373. The molecule has 4 heteroatoms. The van der Waals surface area contributed by atoms with Gasteiger partial charge in [-0.25, -0.2) is 0 Å². The molecule has 0 aromatic carbocycles. The maximum Gasteiger partial charge on any atom is 0.0917 e. The molecule has 0 aliphatic rings. The van der Waals surface area contributed by atoms with Gasteiger partial charge in [-0.05, 0) is 37.2 Å². The van der Waals surface area contributed by atoms with Crippen LogP contribution in [0.5, 0.6) is 0 Å². The molecule has 0 amide bonds. The summed E-state index contributed by atoms with van der Waals surface area (Å²) in [5.74, 6) is 0.635. The standard InChI is InChI=1S/C9H16N2OS/c1-6(2)4-5-8(12)9-7(3)10-11-13-9/h6,8,12H,4-5H2,1-3H3. The largest absolute Gasteiger partial charge is 0.387 e. The first-order valence-electron chi connectivity index (χ1n) is 4.58. The highest BCUT2D eigenvalue weighted by molar-refractivity contribution is 7.05. The zero-order valence-corrected chi connectivity index (χ0v) is 9.14. The lowest BCUT2D eigenvalue weighted by molar-refractivity contribution is 0.162. The van der Waals surface area contributed by atoms with E-state index in [1.807, 2.05) is 6.92 Å². The molecule has 3 nitrogen and oxygen atoms in total. The molecule has 0 saturated heterocycles. The zero-order chi connectivity index (χ0) is 9.84. The fourth-order valence-electron chi connectivity index (χ4n) is 1.17. The number of rotatable bonds is 4. The minimum absolute atomic E-state index is 0.373. The van der Waals surface area contributed by atoms with Crippen LogP contribution in [-0.4, -0.2) is 14.7 Å². The summed E-state index contributed by atoms with van der Waals surface area (Å²) in [6, 6.07) is 0. The van der Waals surface area contributed by atoms with Crippen molar-refractivity contribution in [2.24, 2.45) is 5.92 Å². The number of aliphatic hydroxyl groups is 1. The summed E-state index contributed by atoms with van der Waals surface area (Å²) in [7, 11) is 0. The molecule has 0 bridgehead atoms. The van der Waals surface area contributed by atoms with Crippen molar-refractivity contribution in [1.82, 2.24) is 9.59 Å². The summed E-state index contributed by atoms with van der Waals surface area (Å²) >= 11 is 1.30. The van der Waals surface area contributed by atoms with Crippen LogP contribution in [0.25, 0.3) is 0 Å². The number of hydrogen-bond donors (Lipinski definition) is 1. The zero-order valence-electron chi connectivity index (χ0n) is 8.32. The molecule has 0 radical (unpaired) electrons. The highest BCUT2D eigenvalue weighted by atomic mass is 32.1. The molecule has 1 aromatic rings. The predicted octanol–water partition coefficient (Wildman–Crippen LogP) is 2.32. The van der Waals surface area contributed by atoms with Gasteiger partial charge in [-0.2, -0.15) is 0 Å². The van der Waals surface area contributed by atoms with Gasteiger partial charge in [0.2, 0.25) is 0 Å². The third-order valence-electron chi connectivity index (χ3n) is 2.01. The number of hydrogen-bond acceptors (Lipinski definition) is 4. The van der Waals surface area contributed by atoms with E-state index in [0.29, 0.717) is 5.92 Å². The molecule has 0 saturated carbocycles. The lowest BCUT2D eigenvalue weighted by atomic mass is 10.0. The van der Waals surface area contributed by atoms with Crippen molar-refractivity contribution in [2.45, 2.75) is 39.7 Å². The Hall–Kier alpha value is -0.480. The summed E-state index contributed by atoms with van der Waals surface area (Å²) in [5.41, 5.74) is 0.862. The average Bonchev–Trinajstić information content (AvgIpc) is 2.47. The van der Waals surface area contributed by atoms with E-state index in [9.17, 15) is 5.11 Å². The first-order chi connectivity index (χ1) is 6.11. The quantitative estimate of drug-likeness (QED) is 0.811. The molecule has 1 rings (SSSR count). The monoisotopic (exact) mass is 200 g/mol. The molecule has 1 unspecified atom stereocenters. The van der Waals surface area contributed by atoms with E-state index in [1.165, 1.54) is 11.5 Å². The van der Waals surface area contributed by atoms with Gasteiger partial charge in [0.25, 0.3) is 0 Å². The molecule has 0 aliphatic heterocycles. The molecule has 13 heavy (non-hydrogen) atoms. The Bertz CT molecular complexity index is 260. The maximum absolute atomic E-state index is 9.77. The van der Waals surface area contributed by atoms with Crippen molar-refractivity contribution in [1.29, 1.82) is 0 Å². The summed E-state index contributed by atoms with van der Waals surface area (Å²) in [4.78, 5) is 0.917. The van der Waals surface area contributed by atoms with Crippen LogP contribution in [0.1, 0.15) is 43.4 Å². The average molecular weight is 200 g/mol. The van der Waals surface area contributed by atoms with Gasteiger partial charge in [-0.3, -0.25) is 0 Å². The van der Waals surface area contributed by atoms with Gasteiger partial charge in [-0.1, -0.05) is 18.3 Å². The number of nitrogens with zero attached hydrogens (tertiary/aromatic N) is 2. The molecule has 1 N–H and O–H groups in total. The summed E-state index contributed by atoms with van der Waals surface area (Å²) in [6.45, 7) is 6.20. The summed E-state index contributed by atoms with van der Waals surface area (Å²) in [6.07, 6.45) is 1.48. The third kappa shape index (κ3) is 3.04. The van der Waals surface area contributed by atoms with Gasteiger partial charge in [0, 0.05) is 0 Å². The van der Waals surface area contributed by atoms with Crippen molar-refractivity contribution < 1.29 is 5.11 Å². The summed E-state index contributed by atoms with van der Waals surface area (Å²) < 4.78 is 3.80. The van der Waals surface area contributed by atoms with Crippen LogP contribution in [0, 0.1) is 12.8 Å². The fourth-order valence-corrected chi connectivity index (χ4v) is 1.83. The Morgan fingerprint density at radius 1 is 1.38 bits per heavy atom. The van der Waals surface area contributed by atoms with Gasteiger partial charge in [0.05, 0.1) is 16.7 Å². The molecule has 0 spiro atoms. The van der Waals surface area contributed by atoms with E-state index in [1.54, 1.807) is 0 Å². The number of aromatic nitrogens is 2. The normalized spacial score (nSPS) is 13.6. The van der Waals surface area contributed by atoms with Crippen molar-refractivity contribution in [3.05, 3.63) is 10.6 Å². The molecule has 0 fully saturated rings. The Labute approximate surface area is 83.0 Å². The number of aryl methyl sites for hydroxylation is 1. The van der Waals surface area contributed by atoms with E-state index in [4.69, 9.17) is 0 Å². The first-order valence-corrected chi connectivity index (χ1v) is 5.35. The highest BCUT2D eigenvalue weighted by Crippen LogP contribution is 2.24. The summed E-state index contributed by atoms with van der Waals surface area (Å²) in [5, 5.41) is 13.6. The van der Waals surface area contributed by atoms with E-state index in [-0.39, 0.29) is 6.10 Å². The molecular weight excluding hydrogens is 184 g/mol. The minimum Gasteiger partial charge on any atom is -0.387 e. The molecule has 0 aliphatic carbocycles. The van der Waals surface area contributed by atoms with Crippen LogP contribution in [-0.2, 0) is 0 Å². The SMILES string of the molecule is Cc1nnsc1C(O)CCC(C)C. The molecule has 1 aromatic heterocycles. The van der Waals surface area contributed by atoms with Crippen LogP contribution in [0.2, 0.25) is 0 Å². The van der Waals surface area contributed by atoms with E-state index < -0.39 is 0 Å². The van der Waals surface area contributed by atoms with Gasteiger partial charge >= 0.3 is 0 Å². The van der Waals surface area contributed by atoms with Crippen LogP contribution in [0.3, 0.4) is 0 Å². The lowest BCUT2D eigenvalue weighted by Crippen LogP contribution is -1.99. The van der Waals surface area contributed by atoms with Gasteiger partial charge in [0.15, 0.2) is 0 Å². The van der Waals surface area contributed by atoms with E-state index >= 15 is 0 Å². The smallest absolute Gasteiger partial charge is 0.0917 e. The lowest BCUT2D eigenvalue weighted by Gasteiger charge is -2.09. The van der Waals surface area contributed by atoms with Gasteiger partial charge in [0.1, 0.15) is 0 Å². The van der Waals surface area contributed by atoms with Crippen molar-refractivity contribution in [3.63, 3.8) is 0 Å². The second-order valence-corrected chi connectivity index (χ2v) is 4.50. The van der Waals surface area contributed by atoms with Crippen molar-refractivity contribution in [2.75, 3.05) is 0 Å². The topological polar surface area (TPSA) is 46.0 Å². The maximum atomic E-state index is 9.77. The first kappa shape index (κ1) is 10.6. The van der Waals surface area contributed by atoms with Crippen LogP contribution < -0.4 is 0 Å². The fraction of sp³-hybridized carbons (Fsp3) is 0.778. The van der Waals surface area contributed by atoms with Gasteiger partial charge < -0.3 is 5.11 Å². The van der Waals surface area contributed by atoms with Crippen LogP contribution in [0.4, 0.5) is 0 Å². The van der Waals surface area contributed by atoms with E-state index in [0.717, 1.165) is 23.4 Å². The highest BCUT2D eigenvalue weighted by Gasteiger charge is 2.14. The van der Waals surface area contributed by atoms with E-state index in [2.05, 4.69) is 23.4 Å². The molecule has 74 valence electrons. The number of aliphatic hydroxyl groups excluding tert-OH is 1. The molecule has 1 atom stereocenters. The van der Waals surface area contributed by atoms with Crippen LogP contribution in [0.15, 0.2) is 0 Å².